The van der Waals surface area contributed by atoms with Gasteiger partial charge in [0, 0.05) is 10.6 Å². The normalized spacial score (nSPS) is 20.4. The Labute approximate surface area is 96.6 Å². The summed E-state index contributed by atoms with van der Waals surface area (Å²) < 4.78 is 0. The summed E-state index contributed by atoms with van der Waals surface area (Å²) in [5.41, 5.74) is 8.86. The lowest BCUT2D eigenvalue weighted by atomic mass is 9.88. The maximum absolute atomic E-state index is 6.08. The van der Waals surface area contributed by atoms with E-state index in [4.69, 9.17) is 17.3 Å². The van der Waals surface area contributed by atoms with Crippen molar-refractivity contribution in [1.29, 1.82) is 0 Å². The van der Waals surface area contributed by atoms with Crippen molar-refractivity contribution in [3.63, 3.8) is 0 Å². The van der Waals surface area contributed by atoms with Crippen LogP contribution in [0.25, 0.3) is 0 Å². The lowest BCUT2D eigenvalue weighted by molar-refractivity contribution is 0.422. The van der Waals surface area contributed by atoms with E-state index in [-0.39, 0.29) is 5.54 Å². The molecule has 0 aliphatic heterocycles. The molecule has 2 rings (SSSR count). The molecule has 2 N–H and O–H groups in total. The predicted octanol–water partition coefficient (Wildman–Crippen LogP) is 3.50. The number of hydrogen-bond donors (Lipinski definition) is 1. The molecular formula is C13H18ClN. The highest BCUT2D eigenvalue weighted by Gasteiger charge is 2.26. The van der Waals surface area contributed by atoms with Crippen LogP contribution in [0, 0.1) is 0 Å². The number of aryl methyl sites for hydroxylation is 1. The highest BCUT2D eigenvalue weighted by Crippen LogP contribution is 2.38. The van der Waals surface area contributed by atoms with E-state index in [0.29, 0.717) is 5.92 Å². The summed E-state index contributed by atoms with van der Waals surface area (Å²) in [6.07, 6.45) is 3.43. The summed E-state index contributed by atoms with van der Waals surface area (Å²) in [4.78, 5) is 0. The number of hydrogen-bond acceptors (Lipinski definition) is 1. The van der Waals surface area contributed by atoms with E-state index >= 15 is 0 Å². The molecule has 1 nitrogen and oxygen atoms in total. The summed E-state index contributed by atoms with van der Waals surface area (Å²) >= 11 is 6.03. The van der Waals surface area contributed by atoms with Crippen LogP contribution in [0.4, 0.5) is 0 Å². The van der Waals surface area contributed by atoms with Crippen molar-refractivity contribution in [1.82, 2.24) is 0 Å². The number of fused-ring (bicyclic) bond motifs is 1. The lowest BCUT2D eigenvalue weighted by Crippen LogP contribution is -2.33. The van der Waals surface area contributed by atoms with Gasteiger partial charge in [0.2, 0.25) is 0 Å². The molecule has 0 saturated carbocycles. The van der Waals surface area contributed by atoms with Gasteiger partial charge in [-0.05, 0) is 62.3 Å². The molecule has 0 bridgehead atoms. The van der Waals surface area contributed by atoms with Crippen LogP contribution < -0.4 is 5.73 Å². The Kier molecular flexibility index (Phi) is 2.78. The van der Waals surface area contributed by atoms with Crippen molar-refractivity contribution in [3.05, 3.63) is 34.3 Å². The molecule has 0 saturated heterocycles. The predicted molar refractivity (Wildman–Crippen MR) is 65.4 cm³/mol. The molecule has 0 spiro atoms. The topological polar surface area (TPSA) is 26.0 Å². The molecule has 1 aromatic rings. The van der Waals surface area contributed by atoms with Crippen LogP contribution in [0.1, 0.15) is 43.7 Å². The van der Waals surface area contributed by atoms with Crippen LogP contribution >= 0.6 is 11.6 Å². The number of rotatable bonds is 2. The van der Waals surface area contributed by atoms with Crippen molar-refractivity contribution >= 4 is 11.6 Å². The maximum atomic E-state index is 6.08. The zero-order chi connectivity index (χ0) is 11.1. The first-order valence-electron chi connectivity index (χ1n) is 5.53. The average molecular weight is 224 g/mol. The van der Waals surface area contributed by atoms with Crippen LogP contribution in [0.2, 0.25) is 5.02 Å². The van der Waals surface area contributed by atoms with Crippen LogP contribution in [0.5, 0.6) is 0 Å². The molecule has 1 unspecified atom stereocenters. The quantitative estimate of drug-likeness (QED) is 0.816. The third kappa shape index (κ3) is 2.53. The summed E-state index contributed by atoms with van der Waals surface area (Å²) in [6.45, 7) is 4.19. The van der Waals surface area contributed by atoms with Gasteiger partial charge < -0.3 is 5.73 Å². The minimum Gasteiger partial charge on any atom is -0.326 e. The third-order valence-corrected chi connectivity index (χ3v) is 3.32. The minimum atomic E-state index is -0.0887. The first-order chi connectivity index (χ1) is 6.96. The van der Waals surface area contributed by atoms with Gasteiger partial charge in [0.25, 0.3) is 0 Å². The molecule has 15 heavy (non-hydrogen) atoms. The number of nitrogens with two attached hydrogens (primary N) is 1. The average Bonchev–Trinajstić information content (AvgIpc) is 2.46. The van der Waals surface area contributed by atoms with Gasteiger partial charge in [0.05, 0.1) is 0 Å². The van der Waals surface area contributed by atoms with Gasteiger partial charge in [0.1, 0.15) is 0 Å². The Balaban J connectivity index is 2.24. The number of halogens is 1. The highest BCUT2D eigenvalue weighted by molar-refractivity contribution is 6.30. The van der Waals surface area contributed by atoms with Crippen LogP contribution in [0.3, 0.4) is 0 Å². The summed E-state index contributed by atoms with van der Waals surface area (Å²) in [5.74, 6) is 0.596. The standard InChI is InChI=1S/C13H18ClN/c1-13(2,15)8-10-4-3-9-5-6-11(14)7-12(9)10/h5-7,10H,3-4,8,15H2,1-2H3. The van der Waals surface area contributed by atoms with Gasteiger partial charge >= 0.3 is 0 Å². The Morgan fingerprint density at radius 3 is 2.87 bits per heavy atom. The van der Waals surface area contributed by atoms with Crippen LogP contribution in [0.15, 0.2) is 18.2 Å². The van der Waals surface area contributed by atoms with Gasteiger partial charge in [-0.3, -0.25) is 0 Å². The third-order valence-electron chi connectivity index (χ3n) is 3.08. The summed E-state index contributed by atoms with van der Waals surface area (Å²) in [6, 6.07) is 6.25. The van der Waals surface area contributed by atoms with Crippen LogP contribution in [-0.4, -0.2) is 5.54 Å². The van der Waals surface area contributed by atoms with E-state index in [1.165, 1.54) is 24.0 Å². The molecule has 0 aromatic heterocycles. The zero-order valence-electron chi connectivity index (χ0n) is 9.39. The molecule has 0 amide bonds. The monoisotopic (exact) mass is 223 g/mol. The van der Waals surface area contributed by atoms with Gasteiger partial charge in [-0.2, -0.15) is 0 Å². The largest absolute Gasteiger partial charge is 0.326 e. The van der Waals surface area contributed by atoms with Gasteiger partial charge in [0.15, 0.2) is 0 Å². The van der Waals surface area contributed by atoms with Gasteiger partial charge in [-0.25, -0.2) is 0 Å². The Morgan fingerprint density at radius 1 is 1.47 bits per heavy atom. The molecule has 1 aliphatic carbocycles. The van der Waals surface area contributed by atoms with E-state index in [2.05, 4.69) is 26.0 Å². The first kappa shape index (κ1) is 11.0. The second-order valence-electron chi connectivity index (χ2n) is 5.27. The minimum absolute atomic E-state index is 0.0887. The van der Waals surface area contributed by atoms with Crippen molar-refractivity contribution in [2.24, 2.45) is 5.73 Å². The van der Waals surface area contributed by atoms with E-state index < -0.39 is 0 Å². The number of benzene rings is 1. The summed E-state index contributed by atoms with van der Waals surface area (Å²) in [7, 11) is 0. The highest BCUT2D eigenvalue weighted by atomic mass is 35.5. The maximum Gasteiger partial charge on any atom is 0.0409 e. The zero-order valence-corrected chi connectivity index (χ0v) is 10.1. The van der Waals surface area contributed by atoms with Crippen LogP contribution in [-0.2, 0) is 6.42 Å². The molecule has 82 valence electrons. The molecule has 1 aliphatic rings. The van der Waals surface area contributed by atoms with E-state index in [0.717, 1.165) is 11.4 Å². The molecule has 1 aromatic carbocycles. The molecule has 2 heteroatoms. The van der Waals surface area contributed by atoms with Crippen molar-refractivity contribution in [2.75, 3.05) is 0 Å². The van der Waals surface area contributed by atoms with Crippen molar-refractivity contribution in [3.8, 4) is 0 Å². The van der Waals surface area contributed by atoms with Gasteiger partial charge in [-0.1, -0.05) is 17.7 Å². The van der Waals surface area contributed by atoms with E-state index in [9.17, 15) is 0 Å². The molecule has 0 radical (unpaired) electrons. The fourth-order valence-electron chi connectivity index (χ4n) is 2.51. The Bertz CT molecular complexity index is 365. The fraction of sp³-hybridized carbons (Fsp3) is 0.538. The summed E-state index contributed by atoms with van der Waals surface area (Å²) in [5, 5.41) is 0.843. The molecule has 1 atom stereocenters. The van der Waals surface area contributed by atoms with E-state index in [1.807, 2.05) is 6.07 Å². The smallest absolute Gasteiger partial charge is 0.0409 e. The van der Waals surface area contributed by atoms with Crippen molar-refractivity contribution < 1.29 is 0 Å². The van der Waals surface area contributed by atoms with E-state index in [1.54, 1.807) is 0 Å². The fourth-order valence-corrected chi connectivity index (χ4v) is 2.69. The Hall–Kier alpha value is -0.530. The molecule has 0 heterocycles. The Morgan fingerprint density at radius 2 is 2.20 bits per heavy atom. The SMILES string of the molecule is CC(C)(N)CC1CCc2ccc(Cl)cc21. The van der Waals surface area contributed by atoms with Gasteiger partial charge in [-0.15, -0.1) is 0 Å². The second-order valence-corrected chi connectivity index (χ2v) is 5.71. The second kappa shape index (κ2) is 3.80. The molecular weight excluding hydrogens is 206 g/mol. The first-order valence-corrected chi connectivity index (χ1v) is 5.91. The van der Waals surface area contributed by atoms with Crippen molar-refractivity contribution in [2.45, 2.75) is 44.6 Å². The molecule has 0 fully saturated rings. The lowest BCUT2D eigenvalue weighted by Gasteiger charge is -2.23.